The summed E-state index contributed by atoms with van der Waals surface area (Å²) in [5, 5.41) is 9.65. The minimum Gasteiger partial charge on any atom is -0.490 e. The first-order valence-corrected chi connectivity index (χ1v) is 10.4. The van der Waals surface area contributed by atoms with Gasteiger partial charge in [0.1, 0.15) is 29.6 Å². The van der Waals surface area contributed by atoms with Gasteiger partial charge in [-0.25, -0.2) is 13.8 Å². The van der Waals surface area contributed by atoms with Gasteiger partial charge in [-0.1, -0.05) is 6.07 Å². The van der Waals surface area contributed by atoms with Gasteiger partial charge in [0.2, 0.25) is 5.92 Å². The van der Waals surface area contributed by atoms with Crippen molar-refractivity contribution < 1.29 is 13.5 Å². The van der Waals surface area contributed by atoms with Crippen LogP contribution in [0.2, 0.25) is 0 Å². The number of imidazole rings is 1. The normalized spacial score (nSPS) is 20.7. The predicted molar refractivity (Wildman–Crippen MR) is 108 cm³/mol. The van der Waals surface area contributed by atoms with Gasteiger partial charge in [-0.15, -0.1) is 11.8 Å². The summed E-state index contributed by atoms with van der Waals surface area (Å²) in [6, 6.07) is 11.6. The van der Waals surface area contributed by atoms with Crippen LogP contribution < -0.4 is 10.5 Å². The van der Waals surface area contributed by atoms with E-state index in [0.717, 1.165) is 21.8 Å². The number of nitrogens with two attached hydrogens (primary N) is 1. The Bertz CT molecular complexity index is 1110. The minimum atomic E-state index is -2.76. The van der Waals surface area contributed by atoms with E-state index in [1.165, 1.54) is 11.8 Å². The van der Waals surface area contributed by atoms with Crippen LogP contribution in [0.3, 0.4) is 0 Å². The molecule has 1 saturated carbocycles. The number of nitriles is 1. The fourth-order valence-electron chi connectivity index (χ4n) is 3.74. The summed E-state index contributed by atoms with van der Waals surface area (Å²) in [4.78, 5) is 5.15. The maximum absolute atomic E-state index is 13.6. The van der Waals surface area contributed by atoms with Crippen molar-refractivity contribution in [1.29, 1.82) is 5.26 Å². The second-order valence-corrected chi connectivity index (χ2v) is 8.27. The third kappa shape index (κ3) is 3.80. The van der Waals surface area contributed by atoms with Crippen molar-refractivity contribution in [2.75, 3.05) is 12.9 Å². The Morgan fingerprint density at radius 1 is 1.34 bits per heavy atom. The van der Waals surface area contributed by atoms with E-state index in [1.807, 2.05) is 41.1 Å². The van der Waals surface area contributed by atoms with Crippen LogP contribution >= 0.6 is 11.8 Å². The lowest BCUT2D eigenvalue weighted by atomic mass is 10.0. The highest BCUT2D eigenvalue weighted by molar-refractivity contribution is 7.98. The molecule has 8 heteroatoms. The highest BCUT2D eigenvalue weighted by Crippen LogP contribution is 2.41. The Labute approximate surface area is 171 Å². The molecule has 4 rings (SSSR count). The van der Waals surface area contributed by atoms with Gasteiger partial charge in [-0.2, -0.15) is 5.26 Å². The van der Waals surface area contributed by atoms with E-state index in [-0.39, 0.29) is 19.4 Å². The lowest BCUT2D eigenvalue weighted by molar-refractivity contribution is 0.000376. The van der Waals surface area contributed by atoms with Crippen LogP contribution in [0.1, 0.15) is 24.8 Å². The molecule has 0 amide bonds. The van der Waals surface area contributed by atoms with E-state index < -0.39 is 17.9 Å². The molecule has 3 aromatic rings. The molecule has 0 aliphatic heterocycles. The van der Waals surface area contributed by atoms with Gasteiger partial charge < -0.3 is 10.5 Å². The summed E-state index contributed by atoms with van der Waals surface area (Å²) in [6.45, 7) is -0.0678. The number of fused-ring (bicyclic) bond motifs is 1. The molecular weight excluding hydrogens is 394 g/mol. The fourth-order valence-corrected chi connectivity index (χ4v) is 4.33. The summed E-state index contributed by atoms with van der Waals surface area (Å²) in [7, 11) is 0. The molecule has 1 unspecified atom stereocenters. The van der Waals surface area contributed by atoms with Crippen molar-refractivity contribution in [3.8, 4) is 23.1 Å². The Morgan fingerprint density at radius 2 is 2.17 bits per heavy atom. The topological polar surface area (TPSA) is 76.3 Å². The molecule has 2 aromatic heterocycles. The van der Waals surface area contributed by atoms with Gasteiger partial charge in [0.05, 0.1) is 17.4 Å². The smallest absolute Gasteiger partial charge is 0.250 e. The predicted octanol–water partition coefficient (Wildman–Crippen LogP) is 4.49. The van der Waals surface area contributed by atoms with Crippen molar-refractivity contribution in [2.24, 2.45) is 5.73 Å². The quantitative estimate of drug-likeness (QED) is 0.623. The highest BCUT2D eigenvalue weighted by Gasteiger charge is 2.47. The van der Waals surface area contributed by atoms with Gasteiger partial charge in [0.25, 0.3) is 0 Å². The molecule has 2 heterocycles. The van der Waals surface area contributed by atoms with Crippen LogP contribution in [0.25, 0.3) is 16.9 Å². The van der Waals surface area contributed by atoms with Crippen molar-refractivity contribution in [2.45, 2.75) is 35.6 Å². The summed E-state index contributed by atoms with van der Waals surface area (Å²) in [6.07, 6.45) is 5.07. The molecule has 0 radical (unpaired) electrons. The van der Waals surface area contributed by atoms with Crippen LogP contribution in [-0.2, 0) is 0 Å². The van der Waals surface area contributed by atoms with Crippen molar-refractivity contribution in [1.82, 2.24) is 9.38 Å². The number of benzene rings is 1. The molecule has 1 aliphatic carbocycles. The zero-order chi connectivity index (χ0) is 20.6. The molecule has 1 aliphatic rings. The van der Waals surface area contributed by atoms with Crippen LogP contribution in [0.4, 0.5) is 8.78 Å². The number of halogens is 2. The molecule has 0 saturated heterocycles. The summed E-state index contributed by atoms with van der Waals surface area (Å²) in [5.74, 6) is -2.42. The van der Waals surface area contributed by atoms with Gasteiger partial charge in [-0.3, -0.25) is 4.40 Å². The lowest BCUT2D eigenvalue weighted by Crippen LogP contribution is -2.44. The molecular formula is C21H20F2N4OS. The SMILES string of the molecule is CSc1cc(-c2cnc3ccccn23)cc(OCC2(N)CCC(F)(F)C2)c1C#N. The van der Waals surface area contributed by atoms with E-state index in [0.29, 0.717) is 11.3 Å². The number of alkyl halides is 2. The second kappa shape index (κ2) is 7.32. The number of pyridine rings is 1. The van der Waals surface area contributed by atoms with Gasteiger partial charge >= 0.3 is 0 Å². The van der Waals surface area contributed by atoms with Crippen LogP contribution in [0.15, 0.2) is 47.6 Å². The molecule has 5 nitrogen and oxygen atoms in total. The fraction of sp³-hybridized carbons (Fsp3) is 0.333. The molecule has 1 fully saturated rings. The molecule has 0 spiro atoms. The maximum atomic E-state index is 13.6. The van der Waals surface area contributed by atoms with Gasteiger partial charge in [-0.05, 0) is 36.9 Å². The first-order chi connectivity index (χ1) is 13.8. The van der Waals surface area contributed by atoms with E-state index in [4.69, 9.17) is 10.5 Å². The first-order valence-electron chi connectivity index (χ1n) is 9.18. The zero-order valence-corrected chi connectivity index (χ0v) is 16.7. The zero-order valence-electron chi connectivity index (χ0n) is 15.9. The standard InChI is InChI=1S/C21H20F2N4OS/c1-29-18-9-14(16-11-26-19-4-2-3-7-27(16)19)8-17(15(18)10-24)28-13-20(25)5-6-21(22,23)12-20/h2-4,7-9,11H,5-6,12-13,25H2,1H3. The Kier molecular flexibility index (Phi) is 4.97. The molecule has 29 heavy (non-hydrogen) atoms. The molecule has 1 atom stereocenters. The number of nitrogens with zero attached hydrogens (tertiary/aromatic N) is 3. The van der Waals surface area contributed by atoms with E-state index in [9.17, 15) is 14.0 Å². The van der Waals surface area contributed by atoms with Crippen LogP contribution in [0.5, 0.6) is 5.75 Å². The largest absolute Gasteiger partial charge is 0.490 e. The Morgan fingerprint density at radius 3 is 2.86 bits per heavy atom. The van der Waals surface area contributed by atoms with Crippen molar-refractivity contribution in [3.63, 3.8) is 0 Å². The van der Waals surface area contributed by atoms with Gasteiger partial charge in [0, 0.05) is 29.5 Å². The van der Waals surface area contributed by atoms with E-state index in [1.54, 1.807) is 12.3 Å². The van der Waals surface area contributed by atoms with Gasteiger partial charge in [0.15, 0.2) is 0 Å². The number of aromatic nitrogens is 2. The number of thioether (sulfide) groups is 1. The monoisotopic (exact) mass is 414 g/mol. The third-order valence-electron chi connectivity index (χ3n) is 5.22. The second-order valence-electron chi connectivity index (χ2n) is 7.42. The number of rotatable bonds is 5. The molecule has 2 N–H and O–H groups in total. The summed E-state index contributed by atoms with van der Waals surface area (Å²) < 4.78 is 35.1. The third-order valence-corrected chi connectivity index (χ3v) is 5.99. The number of hydrogen-bond donors (Lipinski definition) is 1. The number of ether oxygens (including phenoxy) is 1. The van der Waals surface area contributed by atoms with Crippen LogP contribution in [-0.4, -0.2) is 33.7 Å². The average molecular weight is 414 g/mol. The summed E-state index contributed by atoms with van der Waals surface area (Å²) >= 11 is 1.42. The maximum Gasteiger partial charge on any atom is 0.250 e. The van der Waals surface area contributed by atoms with Crippen molar-refractivity contribution in [3.05, 3.63) is 48.3 Å². The van der Waals surface area contributed by atoms with E-state index in [2.05, 4.69) is 11.1 Å². The Hall–Kier alpha value is -2.63. The summed E-state index contributed by atoms with van der Waals surface area (Å²) in [5.41, 5.74) is 7.89. The van der Waals surface area contributed by atoms with E-state index >= 15 is 0 Å². The Balaban J connectivity index is 1.71. The first kappa shape index (κ1) is 19.7. The average Bonchev–Trinajstić information content (AvgIpc) is 3.26. The van der Waals surface area contributed by atoms with Crippen LogP contribution in [0, 0.1) is 11.3 Å². The number of hydrogen-bond acceptors (Lipinski definition) is 5. The van der Waals surface area contributed by atoms with Crippen molar-refractivity contribution >= 4 is 17.4 Å². The lowest BCUT2D eigenvalue weighted by Gasteiger charge is -2.24. The molecule has 150 valence electrons. The highest BCUT2D eigenvalue weighted by atomic mass is 32.2. The molecule has 1 aromatic carbocycles. The minimum absolute atomic E-state index is 0.0678. The molecule has 0 bridgehead atoms.